The summed E-state index contributed by atoms with van der Waals surface area (Å²) in [5.74, 6) is 0.973. The fourth-order valence-electron chi connectivity index (χ4n) is 3.41. The molecule has 0 bridgehead atoms. The molecule has 7 nitrogen and oxygen atoms in total. The summed E-state index contributed by atoms with van der Waals surface area (Å²) in [6.45, 7) is 0. The zero-order chi connectivity index (χ0) is 23.4. The Hall–Kier alpha value is -4.04. The van der Waals surface area contributed by atoms with E-state index in [4.69, 9.17) is 9.47 Å². The lowest BCUT2D eigenvalue weighted by Crippen LogP contribution is -2.14. The van der Waals surface area contributed by atoms with Crippen LogP contribution in [0.15, 0.2) is 89.8 Å². The molecule has 0 atom stereocenters. The molecule has 0 aromatic heterocycles. The molecule has 4 aromatic rings. The molecule has 2 N–H and O–H groups in total. The van der Waals surface area contributed by atoms with Crippen molar-refractivity contribution in [1.29, 1.82) is 0 Å². The van der Waals surface area contributed by atoms with Gasteiger partial charge in [-0.2, -0.15) is 0 Å². The molecule has 0 saturated heterocycles. The van der Waals surface area contributed by atoms with Crippen LogP contribution in [0, 0.1) is 0 Å². The van der Waals surface area contributed by atoms with E-state index in [1.165, 1.54) is 19.2 Å². The van der Waals surface area contributed by atoms with Crippen LogP contribution in [0.4, 0.5) is 11.4 Å². The lowest BCUT2D eigenvalue weighted by molar-refractivity contribution is 0.102. The first-order chi connectivity index (χ1) is 15.9. The van der Waals surface area contributed by atoms with Gasteiger partial charge < -0.3 is 14.8 Å². The van der Waals surface area contributed by atoms with Crippen LogP contribution in [0.25, 0.3) is 10.8 Å². The first kappa shape index (κ1) is 22.2. The maximum absolute atomic E-state index is 12.8. The van der Waals surface area contributed by atoms with Gasteiger partial charge in [0.2, 0.25) is 0 Å². The Balaban J connectivity index is 1.50. The van der Waals surface area contributed by atoms with Gasteiger partial charge in [-0.3, -0.25) is 9.52 Å². The highest BCUT2D eigenvalue weighted by molar-refractivity contribution is 7.92. The SMILES string of the molecule is COc1ccc(S(=O)(=O)Nc2ccc(C(=O)Nc3ccc(OC)c4ccccc34)cc2)cc1. The maximum atomic E-state index is 12.8. The second-order valence-electron chi connectivity index (χ2n) is 7.17. The Morgan fingerprint density at radius 2 is 1.42 bits per heavy atom. The highest BCUT2D eigenvalue weighted by Crippen LogP contribution is 2.31. The average Bonchev–Trinajstić information content (AvgIpc) is 2.84. The number of sulfonamides is 1. The topological polar surface area (TPSA) is 93.7 Å². The van der Waals surface area contributed by atoms with Crippen LogP contribution in [-0.4, -0.2) is 28.5 Å². The van der Waals surface area contributed by atoms with Crippen LogP contribution in [0.5, 0.6) is 11.5 Å². The van der Waals surface area contributed by atoms with E-state index in [0.717, 1.165) is 16.5 Å². The van der Waals surface area contributed by atoms with Gasteiger partial charge in [0.05, 0.1) is 19.1 Å². The molecule has 0 fully saturated rings. The summed E-state index contributed by atoms with van der Waals surface area (Å²) in [5.41, 5.74) is 1.39. The normalized spacial score (nSPS) is 11.1. The van der Waals surface area contributed by atoms with Crippen LogP contribution in [0.1, 0.15) is 10.4 Å². The molecule has 1 amide bonds. The summed E-state index contributed by atoms with van der Waals surface area (Å²) >= 11 is 0. The molecule has 4 rings (SSSR count). The predicted octanol–water partition coefficient (Wildman–Crippen LogP) is 4.91. The third-order valence-corrected chi connectivity index (χ3v) is 6.52. The van der Waals surface area contributed by atoms with Crippen molar-refractivity contribution in [3.63, 3.8) is 0 Å². The molecule has 0 aliphatic heterocycles. The first-order valence-electron chi connectivity index (χ1n) is 10.1. The molecule has 33 heavy (non-hydrogen) atoms. The van der Waals surface area contributed by atoms with Crippen LogP contribution < -0.4 is 19.5 Å². The number of hydrogen-bond acceptors (Lipinski definition) is 5. The second-order valence-corrected chi connectivity index (χ2v) is 8.86. The number of amides is 1. The summed E-state index contributed by atoms with van der Waals surface area (Å²) in [7, 11) is -0.657. The number of ether oxygens (including phenoxy) is 2. The van der Waals surface area contributed by atoms with Crippen molar-refractivity contribution in [2.45, 2.75) is 4.90 Å². The fourth-order valence-corrected chi connectivity index (χ4v) is 4.47. The summed E-state index contributed by atoms with van der Waals surface area (Å²) in [6, 6.07) is 23.5. The van der Waals surface area contributed by atoms with Gasteiger partial charge in [-0.1, -0.05) is 24.3 Å². The number of rotatable bonds is 7. The summed E-state index contributed by atoms with van der Waals surface area (Å²) in [5, 5.41) is 4.66. The minimum atomic E-state index is -3.77. The van der Waals surface area contributed by atoms with Gasteiger partial charge in [0, 0.05) is 27.7 Å². The van der Waals surface area contributed by atoms with Crippen LogP contribution in [0.2, 0.25) is 0 Å². The van der Waals surface area contributed by atoms with E-state index in [9.17, 15) is 13.2 Å². The lowest BCUT2D eigenvalue weighted by atomic mass is 10.1. The third-order valence-electron chi connectivity index (χ3n) is 5.12. The Bertz CT molecular complexity index is 1400. The summed E-state index contributed by atoms with van der Waals surface area (Å²) in [6.07, 6.45) is 0. The highest BCUT2D eigenvalue weighted by atomic mass is 32.2. The first-order valence-corrected chi connectivity index (χ1v) is 11.5. The monoisotopic (exact) mass is 462 g/mol. The minimum Gasteiger partial charge on any atom is -0.497 e. The molecule has 0 spiro atoms. The molecule has 0 radical (unpaired) electrons. The Morgan fingerprint density at radius 1 is 0.758 bits per heavy atom. The molecule has 0 heterocycles. The van der Waals surface area contributed by atoms with E-state index >= 15 is 0 Å². The van der Waals surface area contributed by atoms with Gasteiger partial charge in [0.25, 0.3) is 15.9 Å². The van der Waals surface area contributed by atoms with Crippen molar-refractivity contribution in [1.82, 2.24) is 0 Å². The fraction of sp³-hybridized carbons (Fsp3) is 0.0800. The molecular formula is C25H22N2O5S. The number of carbonyl (C=O) groups is 1. The predicted molar refractivity (Wildman–Crippen MR) is 129 cm³/mol. The number of benzene rings is 4. The molecule has 0 aliphatic carbocycles. The van der Waals surface area contributed by atoms with Crippen molar-refractivity contribution >= 4 is 38.1 Å². The molecule has 4 aromatic carbocycles. The van der Waals surface area contributed by atoms with E-state index in [1.54, 1.807) is 55.6 Å². The number of hydrogen-bond donors (Lipinski definition) is 2. The standard InChI is InChI=1S/C25H22N2O5S/c1-31-19-11-13-20(14-12-19)33(29,30)27-18-9-7-17(8-10-18)25(28)26-23-15-16-24(32-2)22-6-4-3-5-21(22)23/h3-16,27H,1-2H3,(H,26,28). The third kappa shape index (κ3) is 4.75. The Labute approximate surface area is 192 Å². The van der Waals surface area contributed by atoms with Gasteiger partial charge in [0.15, 0.2) is 0 Å². The maximum Gasteiger partial charge on any atom is 0.261 e. The Kier molecular flexibility index (Phi) is 6.19. The quantitative estimate of drug-likeness (QED) is 0.407. The van der Waals surface area contributed by atoms with Gasteiger partial charge in [-0.05, 0) is 60.7 Å². The molecule has 8 heteroatoms. The second kappa shape index (κ2) is 9.22. The molecular weight excluding hydrogens is 440 g/mol. The van der Waals surface area contributed by atoms with Crippen LogP contribution in [0.3, 0.4) is 0 Å². The van der Waals surface area contributed by atoms with E-state index in [2.05, 4.69) is 10.0 Å². The van der Waals surface area contributed by atoms with E-state index < -0.39 is 10.0 Å². The van der Waals surface area contributed by atoms with Crippen LogP contribution in [-0.2, 0) is 10.0 Å². The van der Waals surface area contributed by atoms with Crippen molar-refractivity contribution in [3.05, 3.63) is 90.5 Å². The van der Waals surface area contributed by atoms with Crippen LogP contribution >= 0.6 is 0 Å². The molecule has 0 saturated carbocycles. The molecule has 0 unspecified atom stereocenters. The Morgan fingerprint density at radius 3 is 2.06 bits per heavy atom. The number of carbonyl (C=O) groups excluding carboxylic acids is 1. The number of fused-ring (bicyclic) bond motifs is 1. The molecule has 0 aliphatic rings. The van der Waals surface area contributed by atoms with Gasteiger partial charge in [-0.25, -0.2) is 8.42 Å². The summed E-state index contributed by atoms with van der Waals surface area (Å²) < 4.78 is 38.2. The van der Waals surface area contributed by atoms with Crippen molar-refractivity contribution < 1.29 is 22.7 Å². The minimum absolute atomic E-state index is 0.108. The van der Waals surface area contributed by atoms with Gasteiger partial charge in [-0.15, -0.1) is 0 Å². The van der Waals surface area contributed by atoms with Crippen molar-refractivity contribution in [2.24, 2.45) is 0 Å². The van der Waals surface area contributed by atoms with Crippen molar-refractivity contribution in [2.75, 3.05) is 24.3 Å². The summed E-state index contributed by atoms with van der Waals surface area (Å²) in [4.78, 5) is 12.9. The lowest BCUT2D eigenvalue weighted by Gasteiger charge is -2.12. The van der Waals surface area contributed by atoms with Crippen molar-refractivity contribution in [3.8, 4) is 11.5 Å². The smallest absolute Gasteiger partial charge is 0.261 e. The molecule has 168 valence electrons. The van der Waals surface area contributed by atoms with Gasteiger partial charge >= 0.3 is 0 Å². The number of anilines is 2. The van der Waals surface area contributed by atoms with Gasteiger partial charge in [0.1, 0.15) is 11.5 Å². The zero-order valence-corrected chi connectivity index (χ0v) is 18.8. The van der Waals surface area contributed by atoms with E-state index in [0.29, 0.717) is 22.7 Å². The number of methoxy groups -OCH3 is 2. The van der Waals surface area contributed by atoms with E-state index in [-0.39, 0.29) is 10.8 Å². The average molecular weight is 463 g/mol. The number of nitrogens with one attached hydrogen (secondary N) is 2. The zero-order valence-electron chi connectivity index (χ0n) is 18.0. The highest BCUT2D eigenvalue weighted by Gasteiger charge is 2.15. The largest absolute Gasteiger partial charge is 0.497 e. The van der Waals surface area contributed by atoms with E-state index in [1.807, 2.05) is 24.3 Å².